The molecule has 2 rings (SSSR count). The van der Waals surface area contributed by atoms with E-state index in [0.717, 1.165) is 10.5 Å². The van der Waals surface area contributed by atoms with Crippen molar-refractivity contribution >= 4 is 29.1 Å². The maximum absolute atomic E-state index is 5.06. The second-order valence-electron chi connectivity index (χ2n) is 3.34. The summed E-state index contributed by atoms with van der Waals surface area (Å²) in [6.45, 7) is 3.25. The number of rotatable bonds is 1. The molecule has 2 heterocycles. The summed E-state index contributed by atoms with van der Waals surface area (Å²) in [5.41, 5.74) is 2.56. The van der Waals surface area contributed by atoms with Gasteiger partial charge in [0.2, 0.25) is 0 Å². The van der Waals surface area contributed by atoms with Gasteiger partial charge in [-0.05, 0) is 31.8 Å². The first kappa shape index (κ1) is 9.12. The average molecular weight is 212 g/mol. The number of hydrogen-bond donors (Lipinski definition) is 1. The maximum Gasteiger partial charge on any atom is 0.158 e. The molecule has 0 aliphatic carbocycles. The third-order valence-electron chi connectivity index (χ3n) is 2.54. The Bertz CT molecular complexity index is 388. The Labute approximate surface area is 86.9 Å². The van der Waals surface area contributed by atoms with Gasteiger partial charge >= 0.3 is 0 Å². The van der Waals surface area contributed by atoms with Gasteiger partial charge in [0.15, 0.2) is 3.95 Å². The fraction of sp³-hybridized carbons (Fsp3) is 0.444. The van der Waals surface area contributed by atoms with Crippen molar-refractivity contribution in [3.63, 3.8) is 0 Å². The van der Waals surface area contributed by atoms with E-state index in [2.05, 4.69) is 35.3 Å². The van der Waals surface area contributed by atoms with Gasteiger partial charge in [-0.1, -0.05) is 6.08 Å². The van der Waals surface area contributed by atoms with Crippen molar-refractivity contribution in [2.45, 2.75) is 13.0 Å². The van der Waals surface area contributed by atoms with Gasteiger partial charge in [0, 0.05) is 18.0 Å². The Hall–Kier alpha value is -0.450. The molecule has 0 radical (unpaired) electrons. The van der Waals surface area contributed by atoms with Gasteiger partial charge < -0.3 is 4.98 Å². The lowest BCUT2D eigenvalue weighted by molar-refractivity contribution is 0.357. The molecule has 0 amide bonds. The smallest absolute Gasteiger partial charge is 0.158 e. The van der Waals surface area contributed by atoms with Gasteiger partial charge in [0.25, 0.3) is 0 Å². The number of likely N-dealkylation sites (N-methyl/N-ethyl adjacent to an activating group) is 1. The molecule has 0 saturated carbocycles. The predicted octanol–water partition coefficient (Wildman–Crippen LogP) is 2.52. The molecular formula is C9H12N2S2. The van der Waals surface area contributed by atoms with Gasteiger partial charge in [-0.25, -0.2) is 0 Å². The second-order valence-corrected chi connectivity index (χ2v) is 4.88. The number of thiazole rings is 1. The fourth-order valence-electron chi connectivity index (χ4n) is 1.56. The van der Waals surface area contributed by atoms with Crippen LogP contribution < -0.4 is 0 Å². The number of aromatic amines is 1. The summed E-state index contributed by atoms with van der Waals surface area (Å²) in [5, 5.41) is 2.10. The molecule has 0 spiro atoms. The molecular weight excluding hydrogens is 200 g/mol. The van der Waals surface area contributed by atoms with Gasteiger partial charge in [-0.15, -0.1) is 11.3 Å². The van der Waals surface area contributed by atoms with Crippen LogP contribution in [-0.4, -0.2) is 29.5 Å². The Morgan fingerprint density at radius 2 is 2.46 bits per heavy atom. The first-order valence-electron chi connectivity index (χ1n) is 4.27. The Morgan fingerprint density at radius 1 is 1.69 bits per heavy atom. The molecule has 13 heavy (non-hydrogen) atoms. The highest BCUT2D eigenvalue weighted by molar-refractivity contribution is 7.73. The highest BCUT2D eigenvalue weighted by Crippen LogP contribution is 2.26. The molecule has 1 aromatic rings. The van der Waals surface area contributed by atoms with Crippen LogP contribution in [-0.2, 0) is 0 Å². The summed E-state index contributed by atoms with van der Waals surface area (Å²) in [5.74, 6) is 0. The van der Waals surface area contributed by atoms with Gasteiger partial charge in [-0.3, -0.25) is 4.90 Å². The highest BCUT2D eigenvalue weighted by Gasteiger charge is 2.21. The zero-order valence-corrected chi connectivity index (χ0v) is 9.34. The molecule has 0 aromatic carbocycles. The van der Waals surface area contributed by atoms with E-state index in [4.69, 9.17) is 12.2 Å². The lowest BCUT2D eigenvalue weighted by Gasteiger charge is -2.17. The Morgan fingerprint density at radius 3 is 2.92 bits per heavy atom. The summed E-state index contributed by atoms with van der Waals surface area (Å²) in [7, 11) is 2.13. The van der Waals surface area contributed by atoms with Crippen molar-refractivity contribution in [1.82, 2.24) is 9.88 Å². The predicted molar refractivity (Wildman–Crippen MR) is 59.6 cm³/mol. The summed E-state index contributed by atoms with van der Waals surface area (Å²) in [6.07, 6.45) is 2.26. The number of nitrogens with one attached hydrogen (secondary N) is 1. The lowest BCUT2D eigenvalue weighted by atomic mass is 10.1. The summed E-state index contributed by atoms with van der Waals surface area (Å²) >= 11 is 6.65. The van der Waals surface area contributed by atoms with Crippen molar-refractivity contribution in [2.75, 3.05) is 13.6 Å². The Balaban J connectivity index is 2.33. The van der Waals surface area contributed by atoms with Crippen LogP contribution in [0.2, 0.25) is 0 Å². The van der Waals surface area contributed by atoms with E-state index in [-0.39, 0.29) is 0 Å². The standard InChI is InChI=1S/C9H12N2S2/c1-6-7(3-4-11(6)2)8-5-13-9(12)10-8/h3,5-6H,4H2,1-2H3,(H,10,12). The van der Waals surface area contributed by atoms with Crippen LogP contribution in [0.3, 0.4) is 0 Å². The first-order valence-corrected chi connectivity index (χ1v) is 5.56. The van der Waals surface area contributed by atoms with Crippen molar-refractivity contribution in [3.05, 3.63) is 21.1 Å². The topological polar surface area (TPSA) is 19.0 Å². The van der Waals surface area contributed by atoms with E-state index >= 15 is 0 Å². The largest absolute Gasteiger partial charge is 0.337 e. The van der Waals surface area contributed by atoms with E-state index in [1.54, 1.807) is 11.3 Å². The summed E-state index contributed by atoms with van der Waals surface area (Å²) in [4.78, 5) is 5.52. The van der Waals surface area contributed by atoms with Gasteiger partial charge in [0.1, 0.15) is 0 Å². The summed E-state index contributed by atoms with van der Waals surface area (Å²) in [6, 6.07) is 0.500. The molecule has 1 atom stereocenters. The molecule has 1 aromatic heterocycles. The Kier molecular flexibility index (Phi) is 2.36. The van der Waals surface area contributed by atoms with Crippen molar-refractivity contribution in [1.29, 1.82) is 0 Å². The molecule has 0 bridgehead atoms. The van der Waals surface area contributed by atoms with E-state index in [0.29, 0.717) is 6.04 Å². The third kappa shape index (κ3) is 1.61. The molecule has 1 aliphatic heterocycles. The molecule has 0 fully saturated rings. The van der Waals surface area contributed by atoms with Crippen LogP contribution in [0.25, 0.3) is 5.57 Å². The lowest BCUT2D eigenvalue weighted by Crippen LogP contribution is -2.24. The van der Waals surface area contributed by atoms with E-state index in [9.17, 15) is 0 Å². The number of aromatic nitrogens is 1. The zero-order chi connectivity index (χ0) is 9.42. The molecule has 1 unspecified atom stereocenters. The minimum absolute atomic E-state index is 0.500. The van der Waals surface area contributed by atoms with Crippen molar-refractivity contribution < 1.29 is 0 Å². The zero-order valence-electron chi connectivity index (χ0n) is 7.70. The fourth-order valence-corrected chi connectivity index (χ4v) is 2.41. The number of nitrogens with zero attached hydrogens (tertiary/aromatic N) is 1. The van der Waals surface area contributed by atoms with Crippen molar-refractivity contribution in [3.8, 4) is 0 Å². The number of H-pyrrole nitrogens is 1. The van der Waals surface area contributed by atoms with Crippen LogP contribution in [0.4, 0.5) is 0 Å². The van der Waals surface area contributed by atoms with E-state index in [1.807, 2.05) is 0 Å². The van der Waals surface area contributed by atoms with Crippen LogP contribution in [0.15, 0.2) is 11.5 Å². The molecule has 70 valence electrons. The first-order chi connectivity index (χ1) is 6.18. The summed E-state index contributed by atoms with van der Waals surface area (Å²) < 4.78 is 0.859. The second kappa shape index (κ2) is 3.36. The van der Waals surface area contributed by atoms with E-state index in [1.165, 1.54) is 11.3 Å². The normalized spacial score (nSPS) is 23.5. The van der Waals surface area contributed by atoms with Gasteiger partial charge in [0.05, 0.1) is 5.69 Å². The number of hydrogen-bond acceptors (Lipinski definition) is 3. The van der Waals surface area contributed by atoms with Crippen LogP contribution in [0.5, 0.6) is 0 Å². The van der Waals surface area contributed by atoms with Gasteiger partial charge in [-0.2, -0.15) is 0 Å². The highest BCUT2D eigenvalue weighted by atomic mass is 32.1. The monoisotopic (exact) mass is 212 g/mol. The quantitative estimate of drug-likeness (QED) is 0.721. The molecule has 1 N–H and O–H groups in total. The van der Waals surface area contributed by atoms with Crippen LogP contribution in [0, 0.1) is 3.95 Å². The SMILES string of the molecule is CC1C(c2csc(=S)[nH]2)=CCN1C. The maximum atomic E-state index is 5.06. The van der Waals surface area contributed by atoms with E-state index < -0.39 is 0 Å². The minimum Gasteiger partial charge on any atom is -0.337 e. The average Bonchev–Trinajstić information content (AvgIpc) is 2.62. The third-order valence-corrected chi connectivity index (χ3v) is 3.60. The minimum atomic E-state index is 0.500. The van der Waals surface area contributed by atoms with Crippen LogP contribution in [0.1, 0.15) is 12.6 Å². The molecule has 2 nitrogen and oxygen atoms in total. The molecule has 1 aliphatic rings. The molecule has 0 saturated heterocycles. The van der Waals surface area contributed by atoms with Crippen molar-refractivity contribution in [2.24, 2.45) is 0 Å². The molecule has 4 heteroatoms. The van der Waals surface area contributed by atoms with Crippen LogP contribution >= 0.6 is 23.6 Å².